The highest BCUT2D eigenvalue weighted by Crippen LogP contribution is 2.18. The average molecular weight is 437 g/mol. The van der Waals surface area contributed by atoms with Gasteiger partial charge in [-0.05, 0) is 80.8 Å². The molecule has 1 saturated heterocycles. The average Bonchev–Trinajstić information content (AvgIpc) is 2.82. The number of hydrogen-bond donors (Lipinski definition) is 2. The molecule has 3 rings (SSSR count). The Kier molecular flexibility index (Phi) is 8.82. The zero-order valence-corrected chi connectivity index (χ0v) is 19.3. The van der Waals surface area contributed by atoms with Gasteiger partial charge in [0.05, 0.1) is 0 Å². The molecule has 1 heterocycles. The molecule has 0 atom stereocenters. The Balaban J connectivity index is 1.46. The summed E-state index contributed by atoms with van der Waals surface area (Å²) in [4.78, 5) is 28.6. The number of nitrogens with zero attached hydrogens (tertiary/aromatic N) is 2. The van der Waals surface area contributed by atoms with E-state index < -0.39 is 0 Å². The van der Waals surface area contributed by atoms with Crippen LogP contribution >= 0.6 is 0 Å². The van der Waals surface area contributed by atoms with Gasteiger partial charge in [0.25, 0.3) is 5.91 Å². The second-order valence-electron chi connectivity index (χ2n) is 8.58. The molecule has 1 fully saturated rings. The van der Waals surface area contributed by atoms with E-state index in [2.05, 4.69) is 41.1 Å². The van der Waals surface area contributed by atoms with Crippen molar-refractivity contribution in [3.8, 4) is 0 Å². The molecule has 2 aromatic carbocycles. The highest BCUT2D eigenvalue weighted by molar-refractivity contribution is 6.04. The number of rotatable bonds is 10. The van der Waals surface area contributed by atoms with Crippen LogP contribution in [0.3, 0.4) is 0 Å². The number of nitrogens with two attached hydrogens (primary N) is 1. The van der Waals surface area contributed by atoms with Crippen molar-refractivity contribution >= 4 is 17.5 Å². The lowest BCUT2D eigenvalue weighted by atomic mass is 9.96. The molecule has 0 aliphatic carbocycles. The van der Waals surface area contributed by atoms with Crippen LogP contribution in [0.25, 0.3) is 0 Å². The monoisotopic (exact) mass is 436 g/mol. The van der Waals surface area contributed by atoms with Crippen LogP contribution in [-0.4, -0.2) is 54.3 Å². The number of likely N-dealkylation sites (tertiary alicyclic amines) is 1. The molecular weight excluding hydrogens is 400 g/mol. The smallest absolute Gasteiger partial charge is 0.255 e. The van der Waals surface area contributed by atoms with Crippen LogP contribution < -0.4 is 11.1 Å². The van der Waals surface area contributed by atoms with Crippen molar-refractivity contribution in [3.05, 3.63) is 65.2 Å². The highest BCUT2D eigenvalue weighted by atomic mass is 16.2. The topological polar surface area (TPSA) is 78.7 Å². The first-order valence-electron chi connectivity index (χ1n) is 11.7. The van der Waals surface area contributed by atoms with Crippen LogP contribution in [0, 0.1) is 5.92 Å². The Bertz CT molecular complexity index is 868. The molecule has 0 bridgehead atoms. The van der Waals surface area contributed by atoms with E-state index in [9.17, 15) is 9.59 Å². The summed E-state index contributed by atoms with van der Waals surface area (Å²) in [5, 5.41) is 2.99. The molecule has 6 heteroatoms. The maximum atomic E-state index is 12.6. The third kappa shape index (κ3) is 6.90. The second-order valence-corrected chi connectivity index (χ2v) is 8.58. The molecule has 3 N–H and O–H groups in total. The van der Waals surface area contributed by atoms with Crippen molar-refractivity contribution in [2.75, 3.05) is 38.0 Å². The first-order valence-corrected chi connectivity index (χ1v) is 11.7. The fraction of sp³-hybridized carbons (Fsp3) is 0.462. The van der Waals surface area contributed by atoms with Crippen molar-refractivity contribution in [2.24, 2.45) is 11.7 Å². The third-order valence-corrected chi connectivity index (χ3v) is 6.44. The molecule has 0 aromatic heterocycles. The summed E-state index contributed by atoms with van der Waals surface area (Å²) in [5.74, 6) is -0.227. The second kappa shape index (κ2) is 11.8. The van der Waals surface area contributed by atoms with Crippen molar-refractivity contribution in [1.82, 2.24) is 9.80 Å². The van der Waals surface area contributed by atoms with E-state index in [4.69, 9.17) is 5.73 Å². The molecule has 2 aromatic rings. The standard InChI is InChI=1S/C26H36N4O2/c1-3-29(4-2)19-21-5-9-23(10-6-21)26(32)28-24-11-7-20(8-12-24)13-16-30-17-14-22(15-18-30)25(27)31/h5-12,22H,3-4,13-19H2,1-2H3,(H2,27,31)(H,28,32). The van der Waals surface area contributed by atoms with Gasteiger partial charge in [0.1, 0.15) is 0 Å². The minimum atomic E-state index is -0.169. The Morgan fingerprint density at radius 2 is 1.56 bits per heavy atom. The van der Waals surface area contributed by atoms with E-state index in [1.807, 2.05) is 36.4 Å². The summed E-state index contributed by atoms with van der Waals surface area (Å²) < 4.78 is 0. The largest absolute Gasteiger partial charge is 0.369 e. The van der Waals surface area contributed by atoms with Gasteiger partial charge < -0.3 is 16.0 Å². The summed E-state index contributed by atoms with van der Waals surface area (Å²) in [7, 11) is 0. The zero-order valence-electron chi connectivity index (χ0n) is 19.3. The van der Waals surface area contributed by atoms with Crippen LogP contribution in [-0.2, 0) is 17.8 Å². The molecule has 2 amide bonds. The molecule has 1 aliphatic rings. The lowest BCUT2D eigenvalue weighted by Gasteiger charge is -2.30. The summed E-state index contributed by atoms with van der Waals surface area (Å²) >= 11 is 0. The Morgan fingerprint density at radius 3 is 2.12 bits per heavy atom. The van der Waals surface area contributed by atoms with E-state index in [1.165, 1.54) is 11.1 Å². The Labute approximate surface area is 191 Å². The van der Waals surface area contributed by atoms with Gasteiger partial charge in [0.15, 0.2) is 0 Å². The molecule has 0 saturated carbocycles. The van der Waals surface area contributed by atoms with Crippen molar-refractivity contribution in [1.29, 1.82) is 0 Å². The maximum Gasteiger partial charge on any atom is 0.255 e. The zero-order chi connectivity index (χ0) is 22.9. The minimum absolute atomic E-state index is 0.0349. The lowest BCUT2D eigenvalue weighted by molar-refractivity contribution is -0.123. The lowest BCUT2D eigenvalue weighted by Crippen LogP contribution is -2.39. The van der Waals surface area contributed by atoms with E-state index in [-0.39, 0.29) is 17.7 Å². The quantitative estimate of drug-likeness (QED) is 0.597. The SMILES string of the molecule is CCN(CC)Cc1ccc(C(=O)Nc2ccc(CCN3CCC(C(N)=O)CC3)cc2)cc1. The predicted octanol–water partition coefficient (Wildman–Crippen LogP) is 3.52. The molecule has 1 aliphatic heterocycles. The minimum Gasteiger partial charge on any atom is -0.369 e. The molecule has 0 unspecified atom stereocenters. The van der Waals surface area contributed by atoms with E-state index >= 15 is 0 Å². The fourth-order valence-corrected chi connectivity index (χ4v) is 4.15. The number of benzene rings is 2. The summed E-state index contributed by atoms with van der Waals surface area (Å²) in [6, 6.07) is 15.9. The number of primary amides is 1. The Morgan fingerprint density at radius 1 is 0.969 bits per heavy atom. The Hall–Kier alpha value is -2.70. The van der Waals surface area contributed by atoms with E-state index in [0.717, 1.165) is 64.2 Å². The molecule has 172 valence electrons. The maximum absolute atomic E-state index is 12.6. The summed E-state index contributed by atoms with van der Waals surface area (Å²) in [6.45, 7) is 10.1. The van der Waals surface area contributed by atoms with Crippen molar-refractivity contribution < 1.29 is 9.59 Å². The highest BCUT2D eigenvalue weighted by Gasteiger charge is 2.22. The van der Waals surface area contributed by atoms with Crippen LogP contribution in [0.5, 0.6) is 0 Å². The van der Waals surface area contributed by atoms with Gasteiger partial charge in [-0.3, -0.25) is 14.5 Å². The van der Waals surface area contributed by atoms with Crippen LogP contribution in [0.2, 0.25) is 0 Å². The molecule has 6 nitrogen and oxygen atoms in total. The number of nitrogens with one attached hydrogen (secondary N) is 1. The number of carbonyl (C=O) groups excluding carboxylic acids is 2. The van der Waals surface area contributed by atoms with Crippen molar-refractivity contribution in [2.45, 2.75) is 39.7 Å². The molecule has 32 heavy (non-hydrogen) atoms. The number of piperidine rings is 1. The van der Waals surface area contributed by atoms with Crippen LogP contribution in [0.4, 0.5) is 5.69 Å². The van der Waals surface area contributed by atoms with Gasteiger partial charge in [-0.1, -0.05) is 38.1 Å². The van der Waals surface area contributed by atoms with E-state index in [1.54, 1.807) is 0 Å². The van der Waals surface area contributed by atoms with Crippen molar-refractivity contribution in [3.63, 3.8) is 0 Å². The van der Waals surface area contributed by atoms with Crippen LogP contribution in [0.1, 0.15) is 48.2 Å². The van der Waals surface area contributed by atoms with Gasteiger partial charge in [-0.15, -0.1) is 0 Å². The van der Waals surface area contributed by atoms with Gasteiger partial charge in [0.2, 0.25) is 5.91 Å². The van der Waals surface area contributed by atoms with Gasteiger partial charge in [-0.2, -0.15) is 0 Å². The summed E-state index contributed by atoms with van der Waals surface area (Å²) in [6.07, 6.45) is 2.66. The van der Waals surface area contributed by atoms with Crippen LogP contribution in [0.15, 0.2) is 48.5 Å². The number of amides is 2. The van der Waals surface area contributed by atoms with Gasteiger partial charge in [0, 0.05) is 30.3 Å². The molecular formula is C26H36N4O2. The number of hydrogen-bond acceptors (Lipinski definition) is 4. The third-order valence-electron chi connectivity index (χ3n) is 6.44. The van der Waals surface area contributed by atoms with Gasteiger partial charge in [-0.25, -0.2) is 0 Å². The molecule has 0 spiro atoms. The number of carbonyl (C=O) groups is 2. The number of anilines is 1. The fourth-order valence-electron chi connectivity index (χ4n) is 4.15. The normalized spacial score (nSPS) is 15.1. The first kappa shape index (κ1) is 24.0. The molecule has 0 radical (unpaired) electrons. The van der Waals surface area contributed by atoms with E-state index in [0.29, 0.717) is 5.56 Å². The van der Waals surface area contributed by atoms with Gasteiger partial charge >= 0.3 is 0 Å². The summed E-state index contributed by atoms with van der Waals surface area (Å²) in [5.41, 5.74) is 9.32. The first-order chi connectivity index (χ1) is 15.5. The predicted molar refractivity (Wildman–Crippen MR) is 130 cm³/mol.